The van der Waals surface area contributed by atoms with Gasteiger partial charge >= 0.3 is 0 Å². The number of hydrogen-bond acceptors (Lipinski definition) is 3. The summed E-state index contributed by atoms with van der Waals surface area (Å²) in [6.45, 7) is 4.41. The monoisotopic (exact) mass is 267 g/mol. The second kappa shape index (κ2) is 4.71. The molecule has 3 heteroatoms. The lowest BCUT2D eigenvalue weighted by atomic mass is 9.43. The van der Waals surface area contributed by atoms with E-state index in [1.54, 1.807) is 0 Å². The van der Waals surface area contributed by atoms with Crippen LogP contribution in [0.2, 0.25) is 0 Å². The van der Waals surface area contributed by atoms with Crippen LogP contribution in [0.15, 0.2) is 0 Å². The summed E-state index contributed by atoms with van der Waals surface area (Å²) in [7, 11) is 0. The van der Waals surface area contributed by atoms with Crippen LogP contribution in [0.4, 0.5) is 0 Å². The number of nitrogens with one attached hydrogen (secondary N) is 1. The van der Waals surface area contributed by atoms with Crippen LogP contribution in [0.25, 0.3) is 0 Å². The molecular weight excluding hydrogens is 238 g/mol. The minimum absolute atomic E-state index is 0.0948. The van der Waals surface area contributed by atoms with Gasteiger partial charge in [0.15, 0.2) is 0 Å². The second-order valence-electron chi connectivity index (χ2n) is 7.75. The summed E-state index contributed by atoms with van der Waals surface area (Å²) >= 11 is 0. The summed E-state index contributed by atoms with van der Waals surface area (Å²) in [6, 6.07) is 0.648. The van der Waals surface area contributed by atoms with E-state index in [1.807, 2.05) is 0 Å². The lowest BCUT2D eigenvalue weighted by Crippen LogP contribution is -2.73. The highest BCUT2D eigenvalue weighted by atomic mass is 16.3. The number of hydrogen-bond donors (Lipinski definition) is 3. The third-order valence-electron chi connectivity index (χ3n) is 6.49. The lowest BCUT2D eigenvalue weighted by Gasteiger charge is -2.66. The Labute approximate surface area is 116 Å². The maximum Gasteiger partial charge on any atom is 0.106 e. The Balaban J connectivity index is 1.71. The summed E-state index contributed by atoms with van der Waals surface area (Å²) in [5.74, 6) is 0.968. The van der Waals surface area contributed by atoms with E-state index in [2.05, 4.69) is 19.2 Å². The molecule has 0 heterocycles. The standard InChI is InChI=1S/C16H29NO2/c1-15(2)11-8-13(15)16(19,10-18)14(9-11)17-12-6-4-3-5-7-12/h11-14,17-19H,3-10H2,1-2H3/t11-,13-,14+,16-/m1/s1. The molecule has 0 saturated heterocycles. The van der Waals surface area contributed by atoms with Crippen molar-refractivity contribution in [3.05, 3.63) is 0 Å². The highest BCUT2D eigenvalue weighted by Crippen LogP contribution is 2.62. The van der Waals surface area contributed by atoms with Crippen LogP contribution in [-0.4, -0.2) is 34.5 Å². The first kappa shape index (κ1) is 13.8. The molecule has 4 saturated carbocycles. The first-order valence-corrected chi connectivity index (χ1v) is 8.07. The van der Waals surface area contributed by atoms with Crippen molar-refractivity contribution in [1.82, 2.24) is 5.32 Å². The van der Waals surface area contributed by atoms with Crippen LogP contribution >= 0.6 is 0 Å². The van der Waals surface area contributed by atoms with Crippen molar-refractivity contribution in [2.24, 2.45) is 17.3 Å². The molecule has 0 aliphatic heterocycles. The molecule has 4 fully saturated rings. The summed E-state index contributed by atoms with van der Waals surface area (Å²) in [6.07, 6.45) is 8.55. The Morgan fingerprint density at radius 1 is 1.11 bits per heavy atom. The van der Waals surface area contributed by atoms with E-state index in [9.17, 15) is 10.2 Å². The minimum Gasteiger partial charge on any atom is -0.393 e. The van der Waals surface area contributed by atoms with Crippen LogP contribution in [-0.2, 0) is 0 Å². The van der Waals surface area contributed by atoms with E-state index in [0.717, 1.165) is 12.8 Å². The second-order valence-corrected chi connectivity index (χ2v) is 7.75. The molecule has 0 radical (unpaired) electrons. The van der Waals surface area contributed by atoms with E-state index in [-0.39, 0.29) is 24.0 Å². The van der Waals surface area contributed by atoms with E-state index < -0.39 is 5.60 Å². The van der Waals surface area contributed by atoms with E-state index in [1.165, 1.54) is 32.1 Å². The Morgan fingerprint density at radius 2 is 1.79 bits per heavy atom. The molecule has 19 heavy (non-hydrogen) atoms. The van der Waals surface area contributed by atoms with Gasteiger partial charge in [0.1, 0.15) is 5.60 Å². The lowest BCUT2D eigenvalue weighted by molar-refractivity contribution is -0.232. The maximum atomic E-state index is 11.0. The molecule has 0 aromatic rings. The minimum atomic E-state index is -0.907. The topological polar surface area (TPSA) is 52.5 Å². The van der Waals surface area contributed by atoms with E-state index in [4.69, 9.17) is 0 Å². The molecule has 0 spiro atoms. The normalized spacial score (nSPS) is 45.8. The van der Waals surface area contributed by atoms with Crippen molar-refractivity contribution in [2.75, 3.05) is 6.61 Å². The molecule has 0 aromatic carbocycles. The number of rotatable bonds is 3. The zero-order valence-electron chi connectivity index (χ0n) is 12.4. The van der Waals surface area contributed by atoms with Gasteiger partial charge in [0.2, 0.25) is 0 Å². The van der Waals surface area contributed by atoms with E-state index in [0.29, 0.717) is 12.0 Å². The average molecular weight is 267 g/mol. The average Bonchev–Trinajstić information content (AvgIpc) is 2.41. The molecule has 4 atom stereocenters. The highest BCUT2D eigenvalue weighted by Gasteiger charge is 2.64. The van der Waals surface area contributed by atoms with Crippen molar-refractivity contribution in [1.29, 1.82) is 0 Å². The van der Waals surface area contributed by atoms with Crippen LogP contribution in [0, 0.1) is 17.3 Å². The van der Waals surface area contributed by atoms with Crippen molar-refractivity contribution >= 4 is 0 Å². The fourth-order valence-corrected chi connectivity index (χ4v) is 4.98. The maximum absolute atomic E-state index is 11.0. The SMILES string of the molecule is CC1(C)[C@H]2C[C@H](NC3CCCCC3)[C@@](O)(CO)[C@@H]1C2. The van der Waals surface area contributed by atoms with E-state index >= 15 is 0 Å². The molecule has 0 aromatic heterocycles. The van der Waals surface area contributed by atoms with Crippen LogP contribution < -0.4 is 5.32 Å². The summed E-state index contributed by atoms with van der Waals surface area (Å²) < 4.78 is 0. The first-order chi connectivity index (χ1) is 8.98. The van der Waals surface area contributed by atoms with Crippen molar-refractivity contribution < 1.29 is 10.2 Å². The molecule has 4 aliphatic rings. The van der Waals surface area contributed by atoms with Crippen LogP contribution in [0.1, 0.15) is 58.8 Å². The molecular formula is C16H29NO2. The Bertz CT molecular complexity index is 338. The zero-order chi connectivity index (χ0) is 13.7. The Morgan fingerprint density at radius 3 is 2.37 bits per heavy atom. The van der Waals surface area contributed by atoms with Crippen molar-refractivity contribution in [3.8, 4) is 0 Å². The van der Waals surface area contributed by atoms with Gasteiger partial charge in [-0.2, -0.15) is 0 Å². The Kier molecular flexibility index (Phi) is 3.43. The van der Waals surface area contributed by atoms with Crippen molar-refractivity contribution in [2.45, 2.75) is 76.5 Å². The first-order valence-electron chi connectivity index (χ1n) is 8.07. The molecule has 3 nitrogen and oxygen atoms in total. The fraction of sp³-hybridized carbons (Fsp3) is 1.00. The van der Waals surface area contributed by atoms with Crippen LogP contribution in [0.5, 0.6) is 0 Å². The molecule has 0 unspecified atom stereocenters. The quantitative estimate of drug-likeness (QED) is 0.734. The molecule has 2 bridgehead atoms. The summed E-state index contributed by atoms with van der Waals surface area (Å²) in [5, 5.41) is 24.5. The number of aliphatic hydroxyl groups excluding tert-OH is 1. The van der Waals surface area contributed by atoms with Crippen molar-refractivity contribution in [3.63, 3.8) is 0 Å². The highest BCUT2D eigenvalue weighted by molar-refractivity contribution is 5.16. The predicted octanol–water partition coefficient (Wildman–Crippen LogP) is 2.07. The Hall–Kier alpha value is -0.120. The molecule has 4 aliphatic carbocycles. The van der Waals surface area contributed by atoms with Gasteiger partial charge in [0, 0.05) is 12.1 Å². The molecule has 110 valence electrons. The number of aliphatic hydroxyl groups is 2. The molecule has 3 N–H and O–H groups in total. The smallest absolute Gasteiger partial charge is 0.106 e. The van der Waals surface area contributed by atoms with Crippen LogP contribution in [0.3, 0.4) is 0 Å². The van der Waals surface area contributed by atoms with Gasteiger partial charge in [0.25, 0.3) is 0 Å². The van der Waals surface area contributed by atoms with Gasteiger partial charge in [-0.1, -0.05) is 33.1 Å². The summed E-state index contributed by atoms with van der Waals surface area (Å²) in [4.78, 5) is 0. The third kappa shape index (κ3) is 2.05. The van der Waals surface area contributed by atoms with Gasteiger partial charge in [-0.25, -0.2) is 0 Å². The third-order valence-corrected chi connectivity index (χ3v) is 6.49. The van der Waals surface area contributed by atoms with Gasteiger partial charge in [-0.3, -0.25) is 0 Å². The van der Waals surface area contributed by atoms with Gasteiger partial charge in [0.05, 0.1) is 6.61 Å². The molecule has 0 amide bonds. The zero-order valence-corrected chi connectivity index (χ0v) is 12.4. The summed E-state index contributed by atoms with van der Waals surface area (Å²) in [5.41, 5.74) is -0.710. The largest absolute Gasteiger partial charge is 0.393 e. The predicted molar refractivity (Wildman–Crippen MR) is 75.8 cm³/mol. The number of fused-ring (bicyclic) bond motifs is 2. The molecule has 4 rings (SSSR count). The van der Waals surface area contributed by atoms with Gasteiger partial charge in [-0.05, 0) is 42.9 Å². The van der Waals surface area contributed by atoms with Gasteiger partial charge < -0.3 is 15.5 Å². The van der Waals surface area contributed by atoms with Gasteiger partial charge in [-0.15, -0.1) is 0 Å². The fourth-order valence-electron chi connectivity index (χ4n) is 4.98.